The zero-order valence-electron chi connectivity index (χ0n) is 15.8. The molecular weight excluding hydrogens is 343 g/mol. The molecule has 1 aliphatic heterocycles. The minimum Gasteiger partial charge on any atom is -0.351 e. The van der Waals surface area contributed by atoms with Gasteiger partial charge >= 0.3 is 0 Å². The SMILES string of the molecule is Cc1ccccc1C(=O)N1CCC[C@@](C)(C(=O)NCc2cccc(F)c2)C1. The van der Waals surface area contributed by atoms with E-state index in [9.17, 15) is 14.0 Å². The van der Waals surface area contributed by atoms with Gasteiger partial charge in [-0.15, -0.1) is 0 Å². The number of carbonyl (C=O) groups excluding carboxylic acids is 2. The smallest absolute Gasteiger partial charge is 0.254 e. The molecule has 1 N–H and O–H groups in total. The van der Waals surface area contributed by atoms with Gasteiger partial charge in [0.25, 0.3) is 5.91 Å². The van der Waals surface area contributed by atoms with Crippen LogP contribution in [0.2, 0.25) is 0 Å². The normalized spacial score (nSPS) is 19.6. The highest BCUT2D eigenvalue weighted by atomic mass is 19.1. The Labute approximate surface area is 159 Å². The van der Waals surface area contributed by atoms with Crippen molar-refractivity contribution in [3.63, 3.8) is 0 Å². The molecule has 5 heteroatoms. The number of nitrogens with zero attached hydrogens (tertiary/aromatic N) is 1. The third-order valence-corrected chi connectivity index (χ3v) is 5.25. The topological polar surface area (TPSA) is 49.4 Å². The zero-order chi connectivity index (χ0) is 19.4. The molecule has 0 bridgehead atoms. The number of hydrogen-bond donors (Lipinski definition) is 1. The summed E-state index contributed by atoms with van der Waals surface area (Å²) in [5.41, 5.74) is 1.69. The summed E-state index contributed by atoms with van der Waals surface area (Å²) in [5.74, 6) is -0.452. The van der Waals surface area contributed by atoms with E-state index >= 15 is 0 Å². The number of nitrogens with one attached hydrogen (secondary N) is 1. The van der Waals surface area contributed by atoms with Crippen LogP contribution >= 0.6 is 0 Å². The van der Waals surface area contributed by atoms with Crippen LogP contribution in [-0.2, 0) is 11.3 Å². The van der Waals surface area contributed by atoms with E-state index in [2.05, 4.69) is 5.32 Å². The molecule has 0 aromatic heterocycles. The summed E-state index contributed by atoms with van der Waals surface area (Å²) < 4.78 is 13.3. The first-order chi connectivity index (χ1) is 12.9. The fourth-order valence-electron chi connectivity index (χ4n) is 3.62. The lowest BCUT2D eigenvalue weighted by Crippen LogP contribution is -2.51. The van der Waals surface area contributed by atoms with Gasteiger partial charge in [-0.1, -0.05) is 30.3 Å². The van der Waals surface area contributed by atoms with E-state index in [0.29, 0.717) is 18.7 Å². The van der Waals surface area contributed by atoms with Crippen molar-refractivity contribution in [2.24, 2.45) is 5.41 Å². The molecule has 2 amide bonds. The van der Waals surface area contributed by atoms with Crippen LogP contribution in [-0.4, -0.2) is 29.8 Å². The number of benzene rings is 2. The van der Waals surface area contributed by atoms with Gasteiger partial charge in [-0.05, 0) is 56.0 Å². The number of hydrogen-bond acceptors (Lipinski definition) is 2. The summed E-state index contributed by atoms with van der Waals surface area (Å²) in [6, 6.07) is 13.7. The van der Waals surface area contributed by atoms with Crippen molar-refractivity contribution >= 4 is 11.8 Å². The summed E-state index contributed by atoms with van der Waals surface area (Å²) in [4.78, 5) is 27.5. The lowest BCUT2D eigenvalue weighted by atomic mass is 9.80. The Morgan fingerprint density at radius 3 is 2.70 bits per heavy atom. The molecule has 0 saturated carbocycles. The number of halogens is 1. The molecular formula is C22H25FN2O2. The van der Waals surface area contributed by atoms with Crippen LogP contribution in [0.3, 0.4) is 0 Å². The van der Waals surface area contributed by atoms with Crippen molar-refractivity contribution in [1.82, 2.24) is 10.2 Å². The summed E-state index contributed by atoms with van der Waals surface area (Å²) in [5, 5.41) is 2.90. The third-order valence-electron chi connectivity index (χ3n) is 5.25. The average Bonchev–Trinajstić information content (AvgIpc) is 2.66. The van der Waals surface area contributed by atoms with Crippen LogP contribution in [0.1, 0.15) is 41.3 Å². The van der Waals surface area contributed by atoms with Crippen molar-refractivity contribution in [3.8, 4) is 0 Å². The molecule has 2 aromatic rings. The third kappa shape index (κ3) is 4.35. The molecule has 1 saturated heterocycles. The molecule has 0 spiro atoms. The fourth-order valence-corrected chi connectivity index (χ4v) is 3.62. The number of likely N-dealkylation sites (tertiary alicyclic amines) is 1. The van der Waals surface area contributed by atoms with E-state index in [1.54, 1.807) is 17.0 Å². The Morgan fingerprint density at radius 1 is 1.19 bits per heavy atom. The maximum Gasteiger partial charge on any atom is 0.254 e. The van der Waals surface area contributed by atoms with E-state index in [1.165, 1.54) is 12.1 Å². The highest BCUT2D eigenvalue weighted by molar-refractivity contribution is 5.96. The first-order valence-electron chi connectivity index (χ1n) is 9.27. The molecule has 4 nitrogen and oxygen atoms in total. The van der Waals surface area contributed by atoms with Gasteiger partial charge in [0.05, 0.1) is 5.41 Å². The second-order valence-corrected chi connectivity index (χ2v) is 7.52. The Kier molecular flexibility index (Phi) is 5.59. The molecule has 0 aliphatic carbocycles. The number of carbonyl (C=O) groups is 2. The molecule has 2 aromatic carbocycles. The largest absolute Gasteiger partial charge is 0.351 e. The van der Waals surface area contributed by atoms with Crippen LogP contribution in [0.25, 0.3) is 0 Å². The Hall–Kier alpha value is -2.69. The van der Waals surface area contributed by atoms with Gasteiger partial charge in [-0.25, -0.2) is 4.39 Å². The molecule has 0 radical (unpaired) electrons. The van der Waals surface area contributed by atoms with E-state index in [1.807, 2.05) is 38.1 Å². The minimum absolute atomic E-state index is 0.0306. The van der Waals surface area contributed by atoms with E-state index in [-0.39, 0.29) is 24.2 Å². The van der Waals surface area contributed by atoms with Crippen molar-refractivity contribution in [2.75, 3.05) is 13.1 Å². The quantitative estimate of drug-likeness (QED) is 0.895. The fraction of sp³-hybridized carbons (Fsp3) is 0.364. The van der Waals surface area contributed by atoms with Gasteiger partial charge in [0.15, 0.2) is 0 Å². The van der Waals surface area contributed by atoms with E-state index in [4.69, 9.17) is 0 Å². The van der Waals surface area contributed by atoms with Gasteiger partial charge in [0, 0.05) is 25.2 Å². The molecule has 0 unspecified atom stereocenters. The van der Waals surface area contributed by atoms with Crippen LogP contribution < -0.4 is 5.32 Å². The summed E-state index contributed by atoms with van der Waals surface area (Å²) in [7, 11) is 0. The average molecular weight is 368 g/mol. The van der Waals surface area contributed by atoms with Gasteiger partial charge < -0.3 is 10.2 Å². The van der Waals surface area contributed by atoms with Crippen molar-refractivity contribution in [1.29, 1.82) is 0 Å². The van der Waals surface area contributed by atoms with Crippen LogP contribution in [0, 0.1) is 18.2 Å². The van der Waals surface area contributed by atoms with Gasteiger partial charge in [0.1, 0.15) is 5.82 Å². The number of rotatable bonds is 4. The highest BCUT2D eigenvalue weighted by Crippen LogP contribution is 2.31. The monoisotopic (exact) mass is 368 g/mol. The molecule has 1 fully saturated rings. The van der Waals surface area contributed by atoms with E-state index < -0.39 is 5.41 Å². The van der Waals surface area contributed by atoms with Crippen molar-refractivity contribution < 1.29 is 14.0 Å². The minimum atomic E-state index is -0.649. The van der Waals surface area contributed by atoms with Crippen LogP contribution in [0.15, 0.2) is 48.5 Å². The van der Waals surface area contributed by atoms with Gasteiger partial charge in [-0.2, -0.15) is 0 Å². The van der Waals surface area contributed by atoms with Gasteiger partial charge in [-0.3, -0.25) is 9.59 Å². The summed E-state index contributed by atoms with van der Waals surface area (Å²) in [6.45, 7) is 5.13. The second-order valence-electron chi connectivity index (χ2n) is 7.52. The summed E-state index contributed by atoms with van der Waals surface area (Å²) in [6.07, 6.45) is 1.50. The molecule has 3 rings (SSSR count). The molecule has 1 aliphatic rings. The Morgan fingerprint density at radius 2 is 1.96 bits per heavy atom. The first kappa shape index (κ1) is 19.1. The zero-order valence-corrected chi connectivity index (χ0v) is 15.8. The predicted octanol–water partition coefficient (Wildman–Crippen LogP) is 3.69. The van der Waals surface area contributed by atoms with Crippen molar-refractivity contribution in [2.45, 2.75) is 33.2 Å². The second kappa shape index (κ2) is 7.91. The molecule has 1 heterocycles. The maximum absolute atomic E-state index is 13.3. The molecule has 27 heavy (non-hydrogen) atoms. The predicted molar refractivity (Wildman–Crippen MR) is 103 cm³/mol. The first-order valence-corrected chi connectivity index (χ1v) is 9.27. The maximum atomic E-state index is 13.3. The number of amides is 2. The lowest BCUT2D eigenvalue weighted by molar-refractivity contribution is -0.132. The van der Waals surface area contributed by atoms with E-state index in [0.717, 1.165) is 24.0 Å². The number of aryl methyl sites for hydroxylation is 1. The summed E-state index contributed by atoms with van der Waals surface area (Å²) >= 11 is 0. The van der Waals surface area contributed by atoms with Gasteiger partial charge in [0.2, 0.25) is 5.91 Å². The Balaban J connectivity index is 1.67. The highest BCUT2D eigenvalue weighted by Gasteiger charge is 2.39. The lowest BCUT2D eigenvalue weighted by Gasteiger charge is -2.39. The van der Waals surface area contributed by atoms with Crippen molar-refractivity contribution in [3.05, 3.63) is 71.0 Å². The van der Waals surface area contributed by atoms with Crippen LogP contribution in [0.4, 0.5) is 4.39 Å². The van der Waals surface area contributed by atoms with Crippen LogP contribution in [0.5, 0.6) is 0 Å². The molecule has 1 atom stereocenters. The standard InChI is InChI=1S/C22H25FN2O2/c1-16-7-3-4-10-19(16)20(26)25-12-6-11-22(2,15-25)21(27)24-14-17-8-5-9-18(23)13-17/h3-5,7-10,13H,6,11-12,14-15H2,1-2H3,(H,24,27)/t22-/m1/s1. The Bertz CT molecular complexity index is 852. The molecule has 142 valence electrons. The number of piperidine rings is 1.